The molecule has 100 valence electrons. The van der Waals surface area contributed by atoms with Crippen molar-refractivity contribution in [3.8, 4) is 0 Å². The Morgan fingerprint density at radius 1 is 1.26 bits per heavy atom. The number of nitrogens with zero attached hydrogens (tertiary/aromatic N) is 3. The lowest BCUT2D eigenvalue weighted by Gasteiger charge is -2.09. The molecule has 3 rings (SSSR count). The van der Waals surface area contributed by atoms with E-state index in [4.69, 9.17) is 0 Å². The van der Waals surface area contributed by atoms with Crippen LogP contribution in [0.25, 0.3) is 0 Å². The quantitative estimate of drug-likeness (QED) is 0.912. The van der Waals surface area contributed by atoms with Crippen LogP contribution in [0.5, 0.6) is 0 Å². The lowest BCUT2D eigenvalue weighted by atomic mass is 10.3. The summed E-state index contributed by atoms with van der Waals surface area (Å²) < 4.78 is 2.13. The number of aromatic nitrogens is 3. The molecule has 1 fully saturated rings. The average molecular weight is 256 g/mol. The standard InChI is InChI=1S/C15H20N4/c1-12-5-4-8-15(17-12)16-11-13-9-10-19(18-13)14-6-2-3-7-14/h4-5,8-10,14H,2-3,6-7,11H2,1H3,(H,16,17). The molecular formula is C15H20N4. The SMILES string of the molecule is Cc1cccc(NCc2ccn(C3CCCC3)n2)n1. The van der Waals surface area contributed by atoms with E-state index in [1.165, 1.54) is 25.7 Å². The minimum absolute atomic E-state index is 0.617. The molecule has 2 aromatic heterocycles. The van der Waals surface area contributed by atoms with E-state index in [1.54, 1.807) is 0 Å². The molecule has 19 heavy (non-hydrogen) atoms. The summed E-state index contributed by atoms with van der Waals surface area (Å²) in [4.78, 5) is 4.43. The topological polar surface area (TPSA) is 42.7 Å². The maximum absolute atomic E-state index is 4.66. The minimum Gasteiger partial charge on any atom is -0.364 e. The molecule has 4 heteroatoms. The third kappa shape index (κ3) is 2.95. The summed E-state index contributed by atoms with van der Waals surface area (Å²) in [6.45, 7) is 2.73. The van der Waals surface area contributed by atoms with Gasteiger partial charge in [-0.25, -0.2) is 4.98 Å². The molecule has 1 N–H and O–H groups in total. The Morgan fingerprint density at radius 3 is 2.89 bits per heavy atom. The maximum atomic E-state index is 4.66. The first-order valence-corrected chi connectivity index (χ1v) is 7.03. The predicted molar refractivity (Wildman–Crippen MR) is 76.0 cm³/mol. The first kappa shape index (κ1) is 12.2. The van der Waals surface area contributed by atoms with Gasteiger partial charge in [-0.05, 0) is 38.0 Å². The number of hydrogen-bond acceptors (Lipinski definition) is 3. The Morgan fingerprint density at radius 2 is 2.11 bits per heavy atom. The molecule has 1 aliphatic carbocycles. The lowest BCUT2D eigenvalue weighted by Crippen LogP contribution is -2.07. The third-order valence-corrected chi connectivity index (χ3v) is 3.70. The highest BCUT2D eigenvalue weighted by Gasteiger charge is 2.17. The molecule has 0 bridgehead atoms. The molecule has 0 aliphatic heterocycles. The molecule has 0 amide bonds. The summed E-state index contributed by atoms with van der Waals surface area (Å²) in [5.74, 6) is 0.912. The lowest BCUT2D eigenvalue weighted by molar-refractivity contribution is 0.463. The van der Waals surface area contributed by atoms with Crippen LogP contribution in [0.4, 0.5) is 5.82 Å². The second-order valence-electron chi connectivity index (χ2n) is 5.24. The molecule has 0 radical (unpaired) electrons. The molecular weight excluding hydrogens is 236 g/mol. The number of aryl methyl sites for hydroxylation is 1. The summed E-state index contributed by atoms with van der Waals surface area (Å²) in [5.41, 5.74) is 2.11. The highest BCUT2D eigenvalue weighted by molar-refractivity contribution is 5.35. The van der Waals surface area contributed by atoms with Crippen molar-refractivity contribution < 1.29 is 0 Å². The molecule has 0 saturated heterocycles. The van der Waals surface area contributed by atoms with Gasteiger partial charge in [-0.1, -0.05) is 18.9 Å². The Balaban J connectivity index is 1.61. The van der Waals surface area contributed by atoms with Gasteiger partial charge in [-0.2, -0.15) is 5.10 Å². The van der Waals surface area contributed by atoms with Crippen molar-refractivity contribution in [3.05, 3.63) is 41.9 Å². The molecule has 2 heterocycles. The molecule has 1 saturated carbocycles. The Hall–Kier alpha value is -1.84. The van der Waals surface area contributed by atoms with Gasteiger partial charge in [-0.3, -0.25) is 4.68 Å². The van der Waals surface area contributed by atoms with Crippen LogP contribution >= 0.6 is 0 Å². The maximum Gasteiger partial charge on any atom is 0.126 e. The van der Waals surface area contributed by atoms with E-state index in [0.29, 0.717) is 6.04 Å². The molecule has 0 spiro atoms. The molecule has 2 aromatic rings. The van der Waals surface area contributed by atoms with E-state index < -0.39 is 0 Å². The first-order chi connectivity index (χ1) is 9.31. The molecule has 1 aliphatic rings. The van der Waals surface area contributed by atoms with Crippen LogP contribution in [0.1, 0.15) is 43.1 Å². The summed E-state index contributed by atoms with van der Waals surface area (Å²) >= 11 is 0. The fourth-order valence-corrected chi connectivity index (χ4v) is 2.67. The monoisotopic (exact) mass is 256 g/mol. The second kappa shape index (κ2) is 5.43. The van der Waals surface area contributed by atoms with Crippen LogP contribution in [0, 0.1) is 6.92 Å². The number of anilines is 1. The Kier molecular flexibility index (Phi) is 3.49. The van der Waals surface area contributed by atoms with Gasteiger partial charge >= 0.3 is 0 Å². The van der Waals surface area contributed by atoms with Crippen LogP contribution in [-0.2, 0) is 6.54 Å². The van der Waals surface area contributed by atoms with Crippen LogP contribution in [0.2, 0.25) is 0 Å². The number of rotatable bonds is 4. The fourth-order valence-electron chi connectivity index (χ4n) is 2.67. The van der Waals surface area contributed by atoms with Crippen molar-refractivity contribution in [2.45, 2.75) is 45.2 Å². The van der Waals surface area contributed by atoms with Gasteiger partial charge in [0.2, 0.25) is 0 Å². The largest absolute Gasteiger partial charge is 0.364 e. The Labute approximate surface area is 113 Å². The van der Waals surface area contributed by atoms with Gasteiger partial charge in [0, 0.05) is 11.9 Å². The number of pyridine rings is 1. The fraction of sp³-hybridized carbons (Fsp3) is 0.467. The first-order valence-electron chi connectivity index (χ1n) is 7.03. The van der Waals surface area contributed by atoms with Gasteiger partial charge in [0.15, 0.2) is 0 Å². The third-order valence-electron chi connectivity index (χ3n) is 3.70. The zero-order valence-electron chi connectivity index (χ0n) is 11.3. The summed E-state index contributed by atoms with van der Waals surface area (Å²) in [7, 11) is 0. The average Bonchev–Trinajstić information content (AvgIpc) is 3.07. The van der Waals surface area contributed by atoms with Gasteiger partial charge in [0.05, 0.1) is 18.3 Å². The number of nitrogens with one attached hydrogen (secondary N) is 1. The highest BCUT2D eigenvalue weighted by atomic mass is 15.3. The van der Waals surface area contributed by atoms with E-state index in [0.717, 1.165) is 23.8 Å². The summed E-state index contributed by atoms with van der Waals surface area (Å²) in [6, 6.07) is 8.72. The highest BCUT2D eigenvalue weighted by Crippen LogP contribution is 2.28. The second-order valence-corrected chi connectivity index (χ2v) is 5.24. The zero-order valence-corrected chi connectivity index (χ0v) is 11.3. The van der Waals surface area contributed by atoms with Gasteiger partial charge in [0.1, 0.15) is 5.82 Å². The van der Waals surface area contributed by atoms with Crippen molar-refractivity contribution >= 4 is 5.82 Å². The van der Waals surface area contributed by atoms with Crippen molar-refractivity contribution in [1.82, 2.24) is 14.8 Å². The van der Waals surface area contributed by atoms with Gasteiger partial charge in [-0.15, -0.1) is 0 Å². The van der Waals surface area contributed by atoms with E-state index in [9.17, 15) is 0 Å². The van der Waals surface area contributed by atoms with Crippen molar-refractivity contribution in [3.63, 3.8) is 0 Å². The van der Waals surface area contributed by atoms with E-state index in [1.807, 2.05) is 25.1 Å². The predicted octanol–water partition coefficient (Wildman–Crippen LogP) is 3.31. The van der Waals surface area contributed by atoms with Crippen LogP contribution < -0.4 is 5.32 Å². The van der Waals surface area contributed by atoms with Gasteiger partial charge in [0.25, 0.3) is 0 Å². The van der Waals surface area contributed by atoms with E-state index in [-0.39, 0.29) is 0 Å². The summed E-state index contributed by atoms with van der Waals surface area (Å²) in [5, 5.41) is 7.97. The van der Waals surface area contributed by atoms with E-state index >= 15 is 0 Å². The number of hydrogen-bond donors (Lipinski definition) is 1. The normalized spacial score (nSPS) is 15.8. The van der Waals surface area contributed by atoms with Crippen molar-refractivity contribution in [1.29, 1.82) is 0 Å². The van der Waals surface area contributed by atoms with E-state index in [2.05, 4.69) is 32.3 Å². The van der Waals surface area contributed by atoms with Crippen LogP contribution in [-0.4, -0.2) is 14.8 Å². The molecule has 0 atom stereocenters. The summed E-state index contributed by atoms with van der Waals surface area (Å²) in [6.07, 6.45) is 7.33. The van der Waals surface area contributed by atoms with Crippen LogP contribution in [0.3, 0.4) is 0 Å². The molecule has 0 unspecified atom stereocenters. The minimum atomic E-state index is 0.617. The smallest absolute Gasteiger partial charge is 0.126 e. The van der Waals surface area contributed by atoms with Crippen LogP contribution in [0.15, 0.2) is 30.5 Å². The molecule has 4 nitrogen and oxygen atoms in total. The Bertz CT molecular complexity index is 541. The van der Waals surface area contributed by atoms with Crippen molar-refractivity contribution in [2.75, 3.05) is 5.32 Å². The van der Waals surface area contributed by atoms with Gasteiger partial charge < -0.3 is 5.32 Å². The molecule has 0 aromatic carbocycles. The zero-order chi connectivity index (χ0) is 13.1. The van der Waals surface area contributed by atoms with Crippen molar-refractivity contribution in [2.24, 2.45) is 0 Å².